The lowest BCUT2D eigenvalue weighted by Gasteiger charge is -2.22. The molecule has 0 amide bonds. The van der Waals surface area contributed by atoms with Gasteiger partial charge < -0.3 is 0 Å². The molecule has 76 valence electrons. The van der Waals surface area contributed by atoms with E-state index in [1.54, 1.807) is 0 Å². The first-order valence-corrected chi connectivity index (χ1v) is 4.60. The Balaban J connectivity index is 2.05. The summed E-state index contributed by atoms with van der Waals surface area (Å²) in [6.45, 7) is 1.03. The monoisotopic (exact) mass is 198 g/mol. The molecule has 0 aromatic heterocycles. The first kappa shape index (κ1) is 9.55. The second-order valence-electron chi connectivity index (χ2n) is 3.38. The molecule has 0 saturated carbocycles. The largest absolute Gasteiger partial charge is 0.367 e. The molecule has 1 heterocycles. The van der Waals surface area contributed by atoms with E-state index in [0.29, 0.717) is 19.6 Å². The number of nitrogens with zero attached hydrogens (tertiary/aromatic N) is 1. The summed E-state index contributed by atoms with van der Waals surface area (Å²) in [7, 11) is 0. The molecule has 0 atom stereocenters. The number of benzene rings is 1. The first-order chi connectivity index (χ1) is 6.68. The van der Waals surface area contributed by atoms with Crippen LogP contribution in [0.1, 0.15) is 5.56 Å². The molecule has 1 N–H and O–H groups in total. The first-order valence-electron chi connectivity index (χ1n) is 4.60. The van der Waals surface area contributed by atoms with E-state index in [1.807, 2.05) is 30.3 Å². The summed E-state index contributed by atoms with van der Waals surface area (Å²) in [5.74, 6) is 0. The van der Waals surface area contributed by atoms with Crippen molar-refractivity contribution in [2.75, 3.05) is 13.1 Å². The van der Waals surface area contributed by atoms with Gasteiger partial charge in [-0.25, -0.2) is 10.2 Å². The molecule has 1 fully saturated rings. The van der Waals surface area contributed by atoms with Crippen LogP contribution in [0.5, 0.6) is 0 Å². The minimum atomic E-state index is -2.85. The van der Waals surface area contributed by atoms with Crippen molar-refractivity contribution in [1.29, 1.82) is 0 Å². The lowest BCUT2D eigenvalue weighted by molar-refractivity contribution is -0.140. The second-order valence-corrected chi connectivity index (χ2v) is 3.38. The van der Waals surface area contributed by atoms with Crippen LogP contribution in [0, 0.1) is 0 Å². The number of hydrogen-bond donors (Lipinski definition) is 1. The van der Waals surface area contributed by atoms with Crippen molar-refractivity contribution in [2.24, 2.45) is 0 Å². The maximum atomic E-state index is 13.1. The van der Waals surface area contributed by atoms with Crippen LogP contribution in [0.4, 0.5) is 8.78 Å². The number of rotatable bonds is 2. The average molecular weight is 198 g/mol. The Hall–Kier alpha value is -1.00. The zero-order valence-corrected chi connectivity index (χ0v) is 7.71. The van der Waals surface area contributed by atoms with Crippen molar-refractivity contribution < 1.29 is 8.78 Å². The van der Waals surface area contributed by atoms with Crippen molar-refractivity contribution in [3.63, 3.8) is 0 Å². The third kappa shape index (κ3) is 1.91. The number of halogens is 2. The Bertz CT molecular complexity index is 300. The van der Waals surface area contributed by atoms with E-state index in [1.165, 1.54) is 0 Å². The van der Waals surface area contributed by atoms with Crippen molar-refractivity contribution in [3.05, 3.63) is 35.9 Å². The van der Waals surface area contributed by atoms with Gasteiger partial charge in [0.1, 0.15) is 0 Å². The van der Waals surface area contributed by atoms with Crippen LogP contribution in [-0.4, -0.2) is 24.2 Å². The summed E-state index contributed by atoms with van der Waals surface area (Å²) in [5, 5.41) is 2.16. The summed E-state index contributed by atoms with van der Waals surface area (Å²) in [5.41, 5.74) is 0.913. The average Bonchev–Trinajstić information content (AvgIpc) is 2.48. The van der Waals surface area contributed by atoms with Crippen LogP contribution in [0.2, 0.25) is 0 Å². The fourth-order valence-corrected chi connectivity index (χ4v) is 1.58. The predicted molar refractivity (Wildman–Crippen MR) is 49.8 cm³/mol. The third-order valence-electron chi connectivity index (χ3n) is 2.33. The standard InChI is InChI=1S/C10H12F2N2/c11-10(12)13-6-7-14(10)8-9-4-2-1-3-5-9/h1-5,13H,6-8H2. The molecule has 1 aliphatic heterocycles. The number of hydrogen-bond acceptors (Lipinski definition) is 2. The fraction of sp³-hybridized carbons (Fsp3) is 0.400. The molecule has 0 radical (unpaired) electrons. The number of nitrogens with one attached hydrogen (secondary N) is 1. The molecule has 0 aliphatic carbocycles. The van der Waals surface area contributed by atoms with Crippen LogP contribution in [0.15, 0.2) is 30.3 Å². The maximum Gasteiger partial charge on any atom is 0.367 e. The normalized spacial score (nSPS) is 21.3. The Labute approximate surface area is 81.5 Å². The maximum absolute atomic E-state index is 13.1. The molecule has 0 unspecified atom stereocenters. The lowest BCUT2D eigenvalue weighted by Crippen LogP contribution is -2.42. The minimum absolute atomic E-state index is 0.292. The van der Waals surface area contributed by atoms with E-state index >= 15 is 0 Å². The van der Waals surface area contributed by atoms with Gasteiger partial charge in [-0.2, -0.15) is 8.78 Å². The molecule has 4 heteroatoms. The van der Waals surface area contributed by atoms with Crippen molar-refractivity contribution >= 4 is 0 Å². The van der Waals surface area contributed by atoms with Gasteiger partial charge in [0.25, 0.3) is 0 Å². The summed E-state index contributed by atoms with van der Waals surface area (Å²) >= 11 is 0. The second kappa shape index (κ2) is 3.63. The van der Waals surface area contributed by atoms with Crippen LogP contribution in [0.25, 0.3) is 0 Å². The molecule has 1 aliphatic rings. The summed E-state index contributed by atoms with van der Waals surface area (Å²) in [6.07, 6.45) is -2.85. The van der Waals surface area contributed by atoms with Crippen molar-refractivity contribution in [1.82, 2.24) is 10.2 Å². The van der Waals surface area contributed by atoms with Crippen LogP contribution < -0.4 is 5.32 Å². The smallest absolute Gasteiger partial charge is 0.242 e. The van der Waals surface area contributed by atoms with Crippen LogP contribution in [0.3, 0.4) is 0 Å². The molecule has 1 aromatic carbocycles. The molecule has 1 aromatic rings. The highest BCUT2D eigenvalue weighted by molar-refractivity contribution is 5.14. The topological polar surface area (TPSA) is 15.3 Å². The molecule has 2 rings (SSSR count). The van der Waals surface area contributed by atoms with E-state index < -0.39 is 6.17 Å². The lowest BCUT2D eigenvalue weighted by atomic mass is 10.2. The van der Waals surface area contributed by atoms with Gasteiger partial charge in [0, 0.05) is 19.6 Å². The molecular formula is C10H12F2N2. The molecule has 2 nitrogen and oxygen atoms in total. The van der Waals surface area contributed by atoms with E-state index in [-0.39, 0.29) is 0 Å². The van der Waals surface area contributed by atoms with Gasteiger partial charge in [0.2, 0.25) is 0 Å². The van der Waals surface area contributed by atoms with Gasteiger partial charge in [0.05, 0.1) is 0 Å². The summed E-state index contributed by atoms with van der Waals surface area (Å²) < 4.78 is 26.2. The van der Waals surface area contributed by atoms with Crippen molar-refractivity contribution in [2.45, 2.75) is 12.7 Å². The SMILES string of the molecule is FC1(F)NCCN1Cc1ccccc1. The molecule has 14 heavy (non-hydrogen) atoms. The highest BCUT2D eigenvalue weighted by atomic mass is 19.3. The Kier molecular flexibility index (Phi) is 2.48. The zero-order chi connectivity index (χ0) is 10.0. The Morgan fingerprint density at radius 2 is 2.00 bits per heavy atom. The van der Waals surface area contributed by atoms with Gasteiger partial charge in [-0.15, -0.1) is 0 Å². The molecular weight excluding hydrogens is 186 g/mol. The highest BCUT2D eigenvalue weighted by Crippen LogP contribution is 2.22. The number of alkyl halides is 2. The third-order valence-corrected chi connectivity index (χ3v) is 2.33. The Morgan fingerprint density at radius 3 is 2.57 bits per heavy atom. The molecule has 0 bridgehead atoms. The van der Waals surface area contributed by atoms with Crippen LogP contribution >= 0.6 is 0 Å². The van der Waals surface area contributed by atoms with Gasteiger partial charge in [-0.3, -0.25) is 0 Å². The van der Waals surface area contributed by atoms with Gasteiger partial charge in [-0.1, -0.05) is 30.3 Å². The summed E-state index contributed by atoms with van der Waals surface area (Å²) in [6, 6.07) is 9.31. The van der Waals surface area contributed by atoms with Crippen LogP contribution in [-0.2, 0) is 6.54 Å². The Morgan fingerprint density at radius 1 is 1.29 bits per heavy atom. The van der Waals surface area contributed by atoms with Gasteiger partial charge in [0.15, 0.2) is 0 Å². The van der Waals surface area contributed by atoms with E-state index in [9.17, 15) is 8.78 Å². The van der Waals surface area contributed by atoms with E-state index in [4.69, 9.17) is 0 Å². The molecule has 1 saturated heterocycles. The fourth-order valence-electron chi connectivity index (χ4n) is 1.58. The van der Waals surface area contributed by atoms with Crippen molar-refractivity contribution in [3.8, 4) is 0 Å². The highest BCUT2D eigenvalue weighted by Gasteiger charge is 2.40. The summed E-state index contributed by atoms with van der Waals surface area (Å²) in [4.78, 5) is 1.14. The zero-order valence-electron chi connectivity index (χ0n) is 7.71. The quantitative estimate of drug-likeness (QED) is 0.727. The van der Waals surface area contributed by atoms with Gasteiger partial charge in [-0.05, 0) is 5.56 Å². The molecule has 0 spiro atoms. The van der Waals surface area contributed by atoms with E-state index in [0.717, 1.165) is 10.5 Å². The van der Waals surface area contributed by atoms with E-state index in [2.05, 4.69) is 5.32 Å². The van der Waals surface area contributed by atoms with Gasteiger partial charge >= 0.3 is 6.17 Å². The predicted octanol–water partition coefficient (Wildman–Crippen LogP) is 1.64. The minimum Gasteiger partial charge on any atom is -0.242 e.